The summed E-state index contributed by atoms with van der Waals surface area (Å²) in [7, 11) is 0. The van der Waals surface area contributed by atoms with Gasteiger partial charge in [-0.25, -0.2) is 9.97 Å². The molecular formula is C23H28N4O. The first-order valence-corrected chi connectivity index (χ1v) is 10.6. The molecule has 3 aromatic rings. The highest BCUT2D eigenvalue weighted by Gasteiger charge is 2.28. The van der Waals surface area contributed by atoms with Crippen LogP contribution in [0.4, 0.5) is 5.82 Å². The lowest BCUT2D eigenvalue weighted by molar-refractivity contribution is 0.336. The molecule has 0 unspecified atom stereocenters. The first kappa shape index (κ1) is 17.5. The van der Waals surface area contributed by atoms with Crippen LogP contribution < -0.4 is 10.1 Å². The molecule has 2 aliphatic carbocycles. The summed E-state index contributed by atoms with van der Waals surface area (Å²) < 4.78 is 8.05. The number of pyridine rings is 2. The van der Waals surface area contributed by atoms with Crippen molar-refractivity contribution in [3.05, 3.63) is 42.2 Å². The zero-order valence-electron chi connectivity index (χ0n) is 16.7. The van der Waals surface area contributed by atoms with E-state index < -0.39 is 0 Å². The Morgan fingerprint density at radius 2 is 2.11 bits per heavy atom. The van der Waals surface area contributed by atoms with Gasteiger partial charge in [-0.05, 0) is 56.6 Å². The average Bonchev–Trinajstić information content (AvgIpc) is 3.35. The number of nitrogens with one attached hydrogen (secondary N) is 1. The monoisotopic (exact) mass is 376 g/mol. The molecule has 146 valence electrons. The smallest absolute Gasteiger partial charge is 0.140 e. The van der Waals surface area contributed by atoms with Gasteiger partial charge < -0.3 is 10.1 Å². The Bertz CT molecular complexity index is 991. The molecule has 0 aliphatic heterocycles. The van der Waals surface area contributed by atoms with E-state index in [0.717, 1.165) is 28.6 Å². The van der Waals surface area contributed by atoms with Gasteiger partial charge in [0.2, 0.25) is 0 Å². The molecule has 0 spiro atoms. The van der Waals surface area contributed by atoms with Crippen molar-refractivity contribution in [2.24, 2.45) is 5.92 Å². The van der Waals surface area contributed by atoms with Gasteiger partial charge in [0.25, 0.3) is 0 Å². The summed E-state index contributed by atoms with van der Waals surface area (Å²) >= 11 is 0. The molecule has 5 rings (SSSR count). The van der Waals surface area contributed by atoms with Crippen LogP contribution in [0, 0.1) is 5.92 Å². The van der Waals surface area contributed by atoms with E-state index in [1.54, 1.807) is 0 Å². The molecule has 0 bridgehead atoms. The van der Waals surface area contributed by atoms with Crippen LogP contribution in [0.5, 0.6) is 5.75 Å². The first-order chi connectivity index (χ1) is 13.7. The lowest BCUT2D eigenvalue weighted by Gasteiger charge is -2.18. The first-order valence-electron chi connectivity index (χ1n) is 10.6. The maximum atomic E-state index is 5.89. The number of anilines is 1. The van der Waals surface area contributed by atoms with Gasteiger partial charge in [0, 0.05) is 23.9 Å². The molecule has 2 aliphatic rings. The minimum atomic E-state index is 0.528. The van der Waals surface area contributed by atoms with Crippen LogP contribution in [0.2, 0.25) is 0 Å². The fourth-order valence-electron chi connectivity index (χ4n) is 4.40. The summed E-state index contributed by atoms with van der Waals surface area (Å²) in [5, 5.41) is 3.65. The van der Waals surface area contributed by atoms with Gasteiger partial charge in [-0.15, -0.1) is 0 Å². The molecule has 28 heavy (non-hydrogen) atoms. The van der Waals surface area contributed by atoms with Gasteiger partial charge in [0.1, 0.15) is 17.2 Å². The van der Waals surface area contributed by atoms with E-state index in [0.29, 0.717) is 24.5 Å². The summed E-state index contributed by atoms with van der Waals surface area (Å²) in [6, 6.07) is 8.82. The third-order valence-electron chi connectivity index (χ3n) is 6.16. The highest BCUT2D eigenvalue weighted by molar-refractivity contribution is 5.64. The van der Waals surface area contributed by atoms with Crippen molar-refractivity contribution in [3.8, 4) is 17.1 Å². The van der Waals surface area contributed by atoms with Crippen LogP contribution >= 0.6 is 0 Å². The van der Waals surface area contributed by atoms with Gasteiger partial charge in [-0.2, -0.15) is 0 Å². The van der Waals surface area contributed by atoms with Gasteiger partial charge in [-0.1, -0.05) is 19.4 Å². The Balaban J connectivity index is 1.50. The summed E-state index contributed by atoms with van der Waals surface area (Å²) in [6.07, 6.45) is 10.5. The fraction of sp³-hybridized carbons (Fsp3) is 0.478. The molecule has 2 fully saturated rings. The molecule has 0 amide bonds. The van der Waals surface area contributed by atoms with Gasteiger partial charge in [0.15, 0.2) is 0 Å². The number of aromatic nitrogens is 3. The van der Waals surface area contributed by atoms with Crippen molar-refractivity contribution in [1.82, 2.24) is 14.4 Å². The van der Waals surface area contributed by atoms with Gasteiger partial charge in [-0.3, -0.25) is 4.40 Å². The standard InChI is InChI=1S/C23H28N4O/c1-3-28-21-12-23-24-13-20(27(23)14-17(21)16-10-11-16)19-8-5-9-22(26-19)25-18-7-4-6-15(18)2/h5,8-9,12-16,18H,3-4,6-7,10-11H2,1-2H3,(H,25,26)/t15-,18-/m0/s1. The number of nitrogens with zero attached hydrogens (tertiary/aromatic N) is 3. The Kier molecular flexibility index (Phi) is 4.46. The van der Waals surface area contributed by atoms with Crippen LogP contribution in [0.15, 0.2) is 36.7 Å². The highest BCUT2D eigenvalue weighted by Crippen LogP contribution is 2.45. The lowest BCUT2D eigenvalue weighted by atomic mass is 10.1. The van der Waals surface area contributed by atoms with Gasteiger partial charge >= 0.3 is 0 Å². The number of rotatable bonds is 6. The second-order valence-corrected chi connectivity index (χ2v) is 8.24. The average molecular weight is 377 g/mol. The number of imidazole rings is 1. The maximum absolute atomic E-state index is 5.89. The van der Waals surface area contributed by atoms with E-state index in [9.17, 15) is 0 Å². The van der Waals surface area contributed by atoms with Crippen molar-refractivity contribution in [2.75, 3.05) is 11.9 Å². The van der Waals surface area contributed by atoms with Crippen molar-refractivity contribution in [1.29, 1.82) is 0 Å². The zero-order valence-corrected chi connectivity index (χ0v) is 16.7. The van der Waals surface area contributed by atoms with Crippen LogP contribution in [0.1, 0.15) is 57.4 Å². The molecular weight excluding hydrogens is 348 g/mol. The Morgan fingerprint density at radius 3 is 2.86 bits per heavy atom. The predicted octanol–water partition coefficient (Wildman–Crippen LogP) is 5.27. The molecule has 2 atom stereocenters. The van der Waals surface area contributed by atoms with Crippen LogP contribution in [-0.4, -0.2) is 27.0 Å². The Morgan fingerprint density at radius 1 is 1.21 bits per heavy atom. The molecule has 0 saturated heterocycles. The molecule has 0 radical (unpaired) electrons. The number of hydrogen-bond donors (Lipinski definition) is 1. The van der Waals surface area contributed by atoms with E-state index in [4.69, 9.17) is 9.72 Å². The number of ether oxygens (including phenoxy) is 1. The van der Waals surface area contributed by atoms with E-state index >= 15 is 0 Å². The molecule has 1 N–H and O–H groups in total. The maximum Gasteiger partial charge on any atom is 0.140 e. The second-order valence-electron chi connectivity index (χ2n) is 8.24. The zero-order chi connectivity index (χ0) is 19.1. The largest absolute Gasteiger partial charge is 0.493 e. The summed E-state index contributed by atoms with van der Waals surface area (Å²) in [5.41, 5.74) is 4.19. The fourth-order valence-corrected chi connectivity index (χ4v) is 4.40. The summed E-state index contributed by atoms with van der Waals surface area (Å²) in [6.45, 7) is 5.04. The molecule has 5 nitrogen and oxygen atoms in total. The third-order valence-corrected chi connectivity index (χ3v) is 6.16. The van der Waals surface area contributed by atoms with E-state index in [2.05, 4.69) is 52.1 Å². The lowest BCUT2D eigenvalue weighted by Crippen LogP contribution is -2.22. The Labute approximate surface area is 166 Å². The molecule has 3 aromatic heterocycles. The van der Waals surface area contributed by atoms with Gasteiger partial charge in [0.05, 0.1) is 24.2 Å². The topological polar surface area (TPSA) is 51.5 Å². The van der Waals surface area contributed by atoms with Crippen LogP contribution in [0.3, 0.4) is 0 Å². The van der Waals surface area contributed by atoms with Crippen molar-refractivity contribution in [3.63, 3.8) is 0 Å². The van der Waals surface area contributed by atoms with Crippen molar-refractivity contribution >= 4 is 11.5 Å². The second kappa shape index (κ2) is 7.12. The number of hydrogen-bond acceptors (Lipinski definition) is 4. The normalized spacial score (nSPS) is 21.9. The molecule has 3 heterocycles. The van der Waals surface area contributed by atoms with E-state index in [1.165, 1.54) is 37.7 Å². The predicted molar refractivity (Wildman–Crippen MR) is 112 cm³/mol. The molecule has 0 aromatic carbocycles. The SMILES string of the molecule is CCOc1cc2ncc(-c3cccc(N[C@H]4CCC[C@@H]4C)n3)n2cc1C1CC1. The van der Waals surface area contributed by atoms with Crippen LogP contribution in [0.25, 0.3) is 17.0 Å². The Hall–Kier alpha value is -2.56. The van der Waals surface area contributed by atoms with E-state index in [-0.39, 0.29) is 0 Å². The van der Waals surface area contributed by atoms with Crippen molar-refractivity contribution in [2.45, 2.75) is 57.9 Å². The minimum Gasteiger partial charge on any atom is -0.493 e. The molecule has 5 heteroatoms. The third kappa shape index (κ3) is 3.23. The van der Waals surface area contributed by atoms with Crippen LogP contribution in [-0.2, 0) is 0 Å². The number of fused-ring (bicyclic) bond motifs is 1. The minimum absolute atomic E-state index is 0.528. The highest BCUT2D eigenvalue weighted by atomic mass is 16.5. The summed E-state index contributed by atoms with van der Waals surface area (Å²) in [4.78, 5) is 9.54. The van der Waals surface area contributed by atoms with Crippen molar-refractivity contribution < 1.29 is 4.74 Å². The van der Waals surface area contributed by atoms with E-state index in [1.807, 2.05) is 13.1 Å². The molecule has 2 saturated carbocycles. The summed E-state index contributed by atoms with van der Waals surface area (Å²) in [5.74, 6) is 3.26. The quantitative estimate of drug-likeness (QED) is 0.636.